The van der Waals surface area contributed by atoms with Gasteiger partial charge in [-0.05, 0) is 36.2 Å². The molecule has 1 saturated heterocycles. The molecule has 0 radical (unpaired) electrons. The van der Waals surface area contributed by atoms with Gasteiger partial charge in [-0.3, -0.25) is 18.8 Å². The largest absolute Gasteiger partial charge is 0.481 e. The Bertz CT molecular complexity index is 2260. The van der Waals surface area contributed by atoms with Crippen LogP contribution in [0, 0.1) is 0 Å². The second kappa shape index (κ2) is 16.4. The predicted octanol–water partition coefficient (Wildman–Crippen LogP) is 5.39. The van der Waals surface area contributed by atoms with Crippen molar-refractivity contribution in [2.24, 2.45) is 0 Å². The molecule has 13 nitrogen and oxygen atoms in total. The molecule has 0 bridgehead atoms. The van der Waals surface area contributed by atoms with Crippen molar-refractivity contribution in [3.8, 4) is 39.4 Å². The van der Waals surface area contributed by atoms with Gasteiger partial charge in [-0.1, -0.05) is 59.6 Å². The van der Waals surface area contributed by atoms with Crippen molar-refractivity contribution in [3.05, 3.63) is 105 Å². The van der Waals surface area contributed by atoms with E-state index in [4.69, 9.17) is 32.9 Å². The standard InChI is InChI=1S/C38H37Cl2N7O6/c1-22(48)42-15-14-41-18-25-19-43-32-17-23(13-16-47(32)37(25)50)27-5-3-6-28(34(27)39)29-7-4-8-30(35(29)40)31-11-9-24(36(45-31)53-2)20-46(38(51)52)21-26-10-12-33(49)44-26/h3-9,11,13,16-17,19,26,41H,10,12,14-15,18,20-21H2,1-2H3,(H,42,48)(H,44,49)(H,51,52)/t26-/m0/s1. The first-order valence-electron chi connectivity index (χ1n) is 16.9. The van der Waals surface area contributed by atoms with E-state index in [0.29, 0.717) is 81.7 Å². The molecule has 4 N–H and O–H groups in total. The Labute approximate surface area is 314 Å². The molecular weight excluding hydrogens is 721 g/mol. The van der Waals surface area contributed by atoms with Crippen LogP contribution >= 0.6 is 23.2 Å². The van der Waals surface area contributed by atoms with Crippen molar-refractivity contribution in [1.82, 2.24) is 35.2 Å². The van der Waals surface area contributed by atoms with Crippen LogP contribution in [-0.2, 0) is 22.7 Å². The number of hydrogen-bond donors (Lipinski definition) is 4. The summed E-state index contributed by atoms with van der Waals surface area (Å²) in [4.78, 5) is 58.4. The van der Waals surface area contributed by atoms with E-state index in [1.54, 1.807) is 36.7 Å². The van der Waals surface area contributed by atoms with Crippen LogP contribution in [-0.4, -0.2) is 75.1 Å². The summed E-state index contributed by atoms with van der Waals surface area (Å²) >= 11 is 14.1. The summed E-state index contributed by atoms with van der Waals surface area (Å²) in [5.41, 5.74) is 5.27. The smallest absolute Gasteiger partial charge is 0.407 e. The zero-order valence-electron chi connectivity index (χ0n) is 29.0. The summed E-state index contributed by atoms with van der Waals surface area (Å²) in [5.74, 6) is 0.0489. The average Bonchev–Trinajstić information content (AvgIpc) is 3.56. The van der Waals surface area contributed by atoms with Gasteiger partial charge in [0.25, 0.3) is 5.56 Å². The number of methoxy groups -OCH3 is 1. The number of nitrogens with one attached hydrogen (secondary N) is 3. The number of rotatable bonds is 13. The molecule has 3 aromatic heterocycles. The molecule has 5 aromatic rings. The maximum atomic E-state index is 13.2. The molecule has 0 aliphatic carbocycles. The number of amides is 3. The molecule has 1 aliphatic rings. The number of pyridine rings is 2. The SMILES string of the molecule is COc1nc(-c2cccc(-c3cccc(-c4ccn5c(=O)c(CNCCNC(C)=O)cnc5c4)c3Cl)c2Cl)ccc1CN(C[C@@H]1CCC(=O)N1)C(=O)O. The maximum absolute atomic E-state index is 13.2. The lowest BCUT2D eigenvalue weighted by Gasteiger charge is -2.23. The van der Waals surface area contributed by atoms with E-state index in [1.165, 1.54) is 23.3 Å². The third-order valence-corrected chi connectivity index (χ3v) is 9.75. The Kier molecular flexibility index (Phi) is 11.6. The lowest BCUT2D eigenvalue weighted by atomic mass is 9.97. The highest BCUT2D eigenvalue weighted by Crippen LogP contribution is 2.42. The minimum Gasteiger partial charge on any atom is -0.481 e. The van der Waals surface area contributed by atoms with Gasteiger partial charge in [0.2, 0.25) is 17.7 Å². The summed E-state index contributed by atoms with van der Waals surface area (Å²) in [7, 11) is 1.47. The molecule has 0 saturated carbocycles. The molecule has 0 unspecified atom stereocenters. The first kappa shape index (κ1) is 37.3. The molecule has 1 fully saturated rings. The molecule has 0 spiro atoms. The third kappa shape index (κ3) is 8.43. The van der Waals surface area contributed by atoms with Gasteiger partial charge in [0.05, 0.1) is 29.4 Å². The number of carboxylic acid groups (broad SMARTS) is 1. The van der Waals surface area contributed by atoms with E-state index in [2.05, 4.69) is 20.9 Å². The third-order valence-electron chi connectivity index (χ3n) is 8.94. The Morgan fingerprint density at radius 1 is 1.00 bits per heavy atom. The topological polar surface area (TPSA) is 167 Å². The van der Waals surface area contributed by atoms with E-state index >= 15 is 0 Å². The number of benzene rings is 2. The normalized spacial score (nSPS) is 13.9. The Hall–Kier alpha value is -5.50. The highest BCUT2D eigenvalue weighted by Gasteiger charge is 2.26. The molecule has 1 aliphatic heterocycles. The summed E-state index contributed by atoms with van der Waals surface area (Å²) in [6.45, 7) is 2.89. The van der Waals surface area contributed by atoms with Crippen LogP contribution in [0.1, 0.15) is 30.9 Å². The van der Waals surface area contributed by atoms with Crippen LogP contribution in [0.25, 0.3) is 39.2 Å². The van der Waals surface area contributed by atoms with Gasteiger partial charge in [0.1, 0.15) is 5.65 Å². The average molecular weight is 759 g/mol. The number of carbonyl (C=O) groups excluding carboxylic acids is 2. The van der Waals surface area contributed by atoms with Gasteiger partial charge in [-0.2, -0.15) is 0 Å². The zero-order valence-corrected chi connectivity index (χ0v) is 30.5. The monoisotopic (exact) mass is 757 g/mol. The van der Waals surface area contributed by atoms with Crippen LogP contribution in [0.15, 0.2) is 77.9 Å². The highest BCUT2D eigenvalue weighted by atomic mass is 35.5. The lowest BCUT2D eigenvalue weighted by molar-refractivity contribution is -0.120. The summed E-state index contributed by atoms with van der Waals surface area (Å²) < 4.78 is 7.06. The van der Waals surface area contributed by atoms with Crippen molar-refractivity contribution in [1.29, 1.82) is 0 Å². The molecule has 2 aromatic carbocycles. The zero-order chi connectivity index (χ0) is 37.6. The van der Waals surface area contributed by atoms with Crippen molar-refractivity contribution in [2.45, 2.75) is 38.9 Å². The summed E-state index contributed by atoms with van der Waals surface area (Å²) in [6, 6.07) is 18.0. The Balaban J connectivity index is 1.24. The van der Waals surface area contributed by atoms with Crippen LogP contribution in [0.4, 0.5) is 4.79 Å². The fourth-order valence-electron chi connectivity index (χ4n) is 6.27. The van der Waals surface area contributed by atoms with Crippen LogP contribution < -0.4 is 26.2 Å². The van der Waals surface area contributed by atoms with E-state index in [0.717, 1.165) is 11.1 Å². The second-order valence-corrected chi connectivity index (χ2v) is 13.3. The van der Waals surface area contributed by atoms with Gasteiger partial charge in [-0.25, -0.2) is 14.8 Å². The van der Waals surface area contributed by atoms with E-state index < -0.39 is 6.09 Å². The molecule has 4 heterocycles. The number of fused-ring (bicyclic) bond motifs is 1. The summed E-state index contributed by atoms with van der Waals surface area (Å²) in [5, 5.41) is 19.4. The van der Waals surface area contributed by atoms with E-state index in [9.17, 15) is 24.3 Å². The number of aromatic nitrogens is 3. The summed E-state index contributed by atoms with van der Waals surface area (Å²) in [6.07, 6.45) is 3.05. The quantitative estimate of drug-likeness (QED) is 0.115. The second-order valence-electron chi connectivity index (χ2n) is 12.6. The molecule has 6 rings (SSSR count). The van der Waals surface area contributed by atoms with Gasteiger partial charge < -0.3 is 30.7 Å². The number of halogens is 2. The number of hydrogen-bond acceptors (Lipinski definition) is 8. The van der Waals surface area contributed by atoms with Crippen LogP contribution in [0.2, 0.25) is 10.0 Å². The van der Waals surface area contributed by atoms with Gasteiger partial charge in [0, 0.05) is 91.3 Å². The molecule has 1 atom stereocenters. The Morgan fingerprint density at radius 3 is 2.40 bits per heavy atom. The first-order chi connectivity index (χ1) is 25.5. The minimum atomic E-state index is -1.12. The number of carbonyl (C=O) groups is 3. The fraction of sp³-hybridized carbons (Fsp3) is 0.263. The molecule has 53 heavy (non-hydrogen) atoms. The van der Waals surface area contributed by atoms with E-state index in [-0.39, 0.29) is 42.4 Å². The van der Waals surface area contributed by atoms with Crippen molar-refractivity contribution in [3.63, 3.8) is 0 Å². The fourth-order valence-corrected chi connectivity index (χ4v) is 6.93. The number of nitrogens with zero attached hydrogens (tertiary/aromatic N) is 4. The molecule has 3 amide bonds. The van der Waals surface area contributed by atoms with E-state index in [1.807, 2.05) is 36.4 Å². The van der Waals surface area contributed by atoms with Crippen molar-refractivity contribution >= 4 is 46.8 Å². The minimum absolute atomic E-state index is 0.0206. The van der Waals surface area contributed by atoms with Crippen molar-refractivity contribution < 1.29 is 24.2 Å². The van der Waals surface area contributed by atoms with Gasteiger partial charge in [0.15, 0.2) is 0 Å². The predicted molar refractivity (Wildman–Crippen MR) is 202 cm³/mol. The highest BCUT2D eigenvalue weighted by molar-refractivity contribution is 6.39. The van der Waals surface area contributed by atoms with Crippen molar-refractivity contribution in [2.75, 3.05) is 26.7 Å². The van der Waals surface area contributed by atoms with Crippen LogP contribution in [0.5, 0.6) is 5.88 Å². The Morgan fingerprint density at radius 2 is 1.72 bits per heavy atom. The molecular formula is C38H37Cl2N7O6. The molecule has 274 valence electrons. The van der Waals surface area contributed by atoms with Gasteiger partial charge in [-0.15, -0.1) is 0 Å². The van der Waals surface area contributed by atoms with Gasteiger partial charge >= 0.3 is 6.09 Å². The first-order valence-corrected chi connectivity index (χ1v) is 17.6. The number of ether oxygens (including phenoxy) is 1. The molecule has 15 heteroatoms. The van der Waals surface area contributed by atoms with Crippen LogP contribution in [0.3, 0.4) is 0 Å². The maximum Gasteiger partial charge on any atom is 0.407 e. The lowest BCUT2D eigenvalue weighted by Crippen LogP contribution is -2.41.